The molecule has 7 nitrogen and oxygen atoms in total. The van der Waals surface area contributed by atoms with Crippen molar-refractivity contribution in [1.29, 1.82) is 5.26 Å². The summed E-state index contributed by atoms with van der Waals surface area (Å²) in [4.78, 5) is 12.4. The summed E-state index contributed by atoms with van der Waals surface area (Å²) in [5, 5.41) is 20.2. The van der Waals surface area contributed by atoms with E-state index in [2.05, 4.69) is 21.6 Å². The Kier molecular flexibility index (Phi) is 7.27. The lowest BCUT2D eigenvalue weighted by molar-refractivity contribution is -0.111. The summed E-state index contributed by atoms with van der Waals surface area (Å²) < 4.78 is 12.3. The lowest BCUT2D eigenvalue weighted by atomic mass is 10.1. The first kappa shape index (κ1) is 22.8. The van der Waals surface area contributed by atoms with Crippen LogP contribution in [0.25, 0.3) is 6.08 Å². The van der Waals surface area contributed by atoms with Gasteiger partial charge in [-0.1, -0.05) is 35.2 Å². The van der Waals surface area contributed by atoms with Gasteiger partial charge in [-0.05, 0) is 49.8 Å². The molecule has 0 saturated carbocycles. The van der Waals surface area contributed by atoms with Crippen LogP contribution < -0.4 is 14.8 Å². The highest BCUT2D eigenvalue weighted by atomic mass is 32.2. The van der Waals surface area contributed by atoms with Crippen LogP contribution in [0.5, 0.6) is 11.5 Å². The molecular weight excluding hydrogens is 456 g/mol. The van der Waals surface area contributed by atoms with Gasteiger partial charge in [-0.15, -0.1) is 10.2 Å². The minimum atomic E-state index is -0.299. The van der Waals surface area contributed by atoms with Crippen molar-refractivity contribution in [1.82, 2.24) is 10.2 Å². The normalized spacial score (nSPS) is 14.5. The number of nitrogens with zero attached hydrogens (tertiary/aromatic N) is 3. The summed E-state index contributed by atoms with van der Waals surface area (Å²) in [6.45, 7) is 4.50. The minimum Gasteiger partial charge on any atom is -0.493 e. The third kappa shape index (κ3) is 5.92. The summed E-state index contributed by atoms with van der Waals surface area (Å²) in [6, 6.07) is 13.4. The second-order valence-corrected chi connectivity index (χ2v) is 9.56. The Morgan fingerprint density at radius 1 is 1.36 bits per heavy atom. The second kappa shape index (κ2) is 10.5. The topological polar surface area (TPSA) is 97.1 Å². The molecule has 0 saturated heterocycles. The zero-order valence-electron chi connectivity index (χ0n) is 18.2. The van der Waals surface area contributed by atoms with Crippen molar-refractivity contribution in [3.63, 3.8) is 0 Å². The van der Waals surface area contributed by atoms with E-state index in [1.807, 2.05) is 38.1 Å². The highest BCUT2D eigenvalue weighted by molar-refractivity contribution is 8.00. The van der Waals surface area contributed by atoms with Gasteiger partial charge in [0.05, 0.1) is 18.2 Å². The highest BCUT2D eigenvalue weighted by Gasteiger charge is 2.21. The van der Waals surface area contributed by atoms with Crippen molar-refractivity contribution in [2.45, 2.75) is 36.5 Å². The van der Waals surface area contributed by atoms with E-state index >= 15 is 0 Å². The van der Waals surface area contributed by atoms with Gasteiger partial charge in [-0.3, -0.25) is 10.1 Å². The predicted molar refractivity (Wildman–Crippen MR) is 130 cm³/mol. The van der Waals surface area contributed by atoms with Crippen LogP contribution >= 0.6 is 23.1 Å². The van der Waals surface area contributed by atoms with Crippen molar-refractivity contribution >= 4 is 40.2 Å². The molecule has 2 aromatic carbocycles. The first-order valence-corrected chi connectivity index (χ1v) is 12.2. The molecule has 0 fully saturated rings. The van der Waals surface area contributed by atoms with Gasteiger partial charge < -0.3 is 9.47 Å². The number of anilines is 1. The summed E-state index contributed by atoms with van der Waals surface area (Å²) in [7, 11) is 0. The molecule has 0 spiro atoms. The van der Waals surface area contributed by atoms with E-state index in [1.54, 1.807) is 18.2 Å². The molecule has 1 aliphatic heterocycles. The number of nitrogens with one attached hydrogen (secondary N) is 1. The molecule has 2 heterocycles. The van der Waals surface area contributed by atoms with E-state index in [0.29, 0.717) is 23.1 Å². The molecule has 1 aromatic heterocycles. The molecule has 4 rings (SSSR count). The Balaban J connectivity index is 1.36. The molecule has 0 radical (unpaired) electrons. The number of amides is 1. The van der Waals surface area contributed by atoms with Crippen LogP contribution in [0.2, 0.25) is 0 Å². The van der Waals surface area contributed by atoms with E-state index in [0.717, 1.165) is 38.9 Å². The molecular formula is C24H22N4O3S2. The average molecular weight is 479 g/mol. The molecule has 1 N–H and O–H groups in total. The first-order chi connectivity index (χ1) is 16.0. The summed E-state index contributed by atoms with van der Waals surface area (Å²) in [6.07, 6.45) is 4.16. The summed E-state index contributed by atoms with van der Waals surface area (Å²) in [5.74, 6) is 1.97. The third-order valence-electron chi connectivity index (χ3n) is 4.82. The van der Waals surface area contributed by atoms with E-state index in [4.69, 9.17) is 14.7 Å². The summed E-state index contributed by atoms with van der Waals surface area (Å²) in [5.41, 5.74) is 3.62. The van der Waals surface area contributed by atoms with E-state index in [1.165, 1.54) is 29.2 Å². The molecule has 1 atom stereocenters. The van der Waals surface area contributed by atoms with Gasteiger partial charge in [0.1, 0.15) is 17.6 Å². The van der Waals surface area contributed by atoms with Gasteiger partial charge in [-0.25, -0.2) is 0 Å². The molecule has 1 aliphatic rings. The van der Waals surface area contributed by atoms with Crippen LogP contribution in [-0.2, 0) is 17.0 Å². The van der Waals surface area contributed by atoms with E-state index in [9.17, 15) is 4.79 Å². The molecule has 1 amide bonds. The molecule has 3 aromatic rings. The monoisotopic (exact) mass is 478 g/mol. The number of ether oxygens (including phenoxy) is 2. The fourth-order valence-electron chi connectivity index (χ4n) is 3.32. The van der Waals surface area contributed by atoms with Crippen molar-refractivity contribution in [2.75, 3.05) is 11.9 Å². The Hall–Kier alpha value is -3.35. The number of fused-ring (bicyclic) bond motifs is 1. The number of hydrogen-bond acceptors (Lipinski definition) is 8. The van der Waals surface area contributed by atoms with Crippen LogP contribution in [0.15, 0.2) is 46.8 Å². The van der Waals surface area contributed by atoms with Gasteiger partial charge in [-0.2, -0.15) is 5.26 Å². The van der Waals surface area contributed by atoms with Gasteiger partial charge in [0, 0.05) is 29.4 Å². The first-order valence-electron chi connectivity index (χ1n) is 10.4. The van der Waals surface area contributed by atoms with Crippen LogP contribution in [-0.4, -0.2) is 28.8 Å². The van der Waals surface area contributed by atoms with Crippen molar-refractivity contribution in [3.8, 4) is 17.6 Å². The van der Waals surface area contributed by atoms with Crippen LogP contribution in [0, 0.1) is 11.3 Å². The Labute approximate surface area is 200 Å². The predicted octanol–water partition coefficient (Wildman–Crippen LogP) is 5.08. The number of carbonyl (C=O) groups excluding carboxylic acids is 1. The number of aromatic nitrogens is 2. The van der Waals surface area contributed by atoms with Crippen LogP contribution in [0.1, 0.15) is 36.1 Å². The number of carbonyl (C=O) groups is 1. The van der Waals surface area contributed by atoms with Crippen LogP contribution in [0.4, 0.5) is 5.13 Å². The number of benzene rings is 2. The molecule has 9 heteroatoms. The smallest absolute Gasteiger partial charge is 0.250 e. The fourth-order valence-corrected chi connectivity index (χ4v) is 5.03. The third-order valence-corrected chi connectivity index (χ3v) is 6.87. The zero-order chi connectivity index (χ0) is 23.2. The molecule has 1 unspecified atom stereocenters. The number of rotatable bonds is 8. The van der Waals surface area contributed by atoms with E-state index in [-0.39, 0.29) is 12.0 Å². The number of nitriles is 1. The maximum Gasteiger partial charge on any atom is 0.250 e. The average Bonchev–Trinajstić information content (AvgIpc) is 3.41. The van der Waals surface area contributed by atoms with Crippen molar-refractivity contribution in [3.05, 3.63) is 64.7 Å². The molecule has 168 valence electrons. The van der Waals surface area contributed by atoms with Crippen molar-refractivity contribution in [2.24, 2.45) is 0 Å². The zero-order valence-corrected chi connectivity index (χ0v) is 19.8. The number of thioether (sulfide) groups is 1. The Morgan fingerprint density at radius 2 is 2.18 bits per heavy atom. The largest absolute Gasteiger partial charge is 0.493 e. The SMILES string of the molecule is CCOc1cc2c(cc1/C=C/C(=O)Nc1nnc(SCc3ccc(C#N)cc3)s1)OC(C)C2. The summed E-state index contributed by atoms with van der Waals surface area (Å²) >= 11 is 2.84. The number of hydrogen-bond donors (Lipinski definition) is 1. The lowest BCUT2D eigenvalue weighted by Crippen LogP contribution is -2.07. The highest BCUT2D eigenvalue weighted by Crippen LogP contribution is 2.36. The lowest BCUT2D eigenvalue weighted by Gasteiger charge is -2.10. The van der Waals surface area contributed by atoms with Gasteiger partial charge in [0.2, 0.25) is 11.0 Å². The standard InChI is InChI=1S/C24H22N4O3S2/c1-3-30-20-12-19-10-15(2)31-21(19)11-18(20)8-9-22(29)26-23-27-28-24(33-23)32-14-17-6-4-16(13-25)5-7-17/h4-9,11-12,15H,3,10,14H2,1-2H3,(H,26,27,29)/b9-8+. The Morgan fingerprint density at radius 3 is 2.94 bits per heavy atom. The quantitative estimate of drug-likeness (QED) is 0.274. The van der Waals surface area contributed by atoms with Gasteiger partial charge >= 0.3 is 0 Å². The second-order valence-electron chi connectivity index (χ2n) is 7.36. The maximum absolute atomic E-state index is 12.4. The maximum atomic E-state index is 12.4. The molecule has 0 bridgehead atoms. The van der Waals surface area contributed by atoms with Crippen molar-refractivity contribution < 1.29 is 14.3 Å². The van der Waals surface area contributed by atoms with E-state index < -0.39 is 0 Å². The molecule has 33 heavy (non-hydrogen) atoms. The minimum absolute atomic E-state index is 0.137. The van der Waals surface area contributed by atoms with Gasteiger partial charge in [0.25, 0.3) is 0 Å². The fraction of sp³-hybridized carbons (Fsp3) is 0.250. The van der Waals surface area contributed by atoms with Gasteiger partial charge in [0.15, 0.2) is 4.34 Å². The molecule has 0 aliphatic carbocycles. The Bertz CT molecular complexity index is 1220. The van der Waals surface area contributed by atoms with Crippen LogP contribution in [0.3, 0.4) is 0 Å².